The third-order valence-corrected chi connectivity index (χ3v) is 3.65. The van der Waals surface area contributed by atoms with E-state index < -0.39 is 0 Å². The molecule has 0 unspecified atom stereocenters. The lowest BCUT2D eigenvalue weighted by Gasteiger charge is -2.22. The molecule has 0 amide bonds. The molecule has 0 aliphatic heterocycles. The Morgan fingerprint density at radius 3 is 2.16 bits per heavy atom. The van der Waals surface area contributed by atoms with E-state index in [0.717, 1.165) is 16.8 Å². The highest BCUT2D eigenvalue weighted by Gasteiger charge is 2.18. The number of para-hydroxylation sites is 1. The first-order chi connectivity index (χ1) is 9.00. The number of ether oxygens (including phenoxy) is 1. The molecule has 1 nitrogen and oxygen atoms in total. The van der Waals surface area contributed by atoms with Gasteiger partial charge in [0.2, 0.25) is 0 Å². The van der Waals surface area contributed by atoms with Gasteiger partial charge in [0, 0.05) is 10.9 Å². The van der Waals surface area contributed by atoms with Crippen LogP contribution in [0.5, 0.6) is 11.5 Å². The molecule has 0 aliphatic carbocycles. The van der Waals surface area contributed by atoms with Crippen molar-refractivity contribution in [2.75, 3.05) is 0 Å². The number of benzene rings is 2. The van der Waals surface area contributed by atoms with Gasteiger partial charge < -0.3 is 4.74 Å². The number of alkyl halides is 1. The molecule has 2 rings (SSSR count). The number of hydrogen-bond donors (Lipinski definition) is 0. The Balaban J connectivity index is 2.28. The Hall–Kier alpha value is -1.28. The maximum Gasteiger partial charge on any atom is 0.131 e. The van der Waals surface area contributed by atoms with Crippen molar-refractivity contribution < 1.29 is 4.74 Å². The van der Waals surface area contributed by atoms with E-state index in [1.807, 2.05) is 24.3 Å². The van der Waals surface area contributed by atoms with E-state index in [4.69, 9.17) is 4.74 Å². The highest BCUT2D eigenvalue weighted by atomic mass is 79.9. The normalized spacial score (nSPS) is 11.4. The molecule has 0 spiro atoms. The summed E-state index contributed by atoms with van der Waals surface area (Å²) in [5.41, 5.74) is 2.54. The first kappa shape index (κ1) is 14.1. The first-order valence-corrected chi connectivity index (χ1v) is 7.55. The molecule has 100 valence electrons. The fourth-order valence-corrected chi connectivity index (χ4v) is 2.32. The summed E-state index contributed by atoms with van der Waals surface area (Å²) in [6.45, 7) is 6.59. The molecule has 0 fully saturated rings. The van der Waals surface area contributed by atoms with Crippen molar-refractivity contribution in [1.82, 2.24) is 0 Å². The van der Waals surface area contributed by atoms with E-state index in [9.17, 15) is 0 Å². The van der Waals surface area contributed by atoms with Crippen LogP contribution in [0.25, 0.3) is 0 Å². The third kappa shape index (κ3) is 3.60. The molecule has 2 heteroatoms. The van der Waals surface area contributed by atoms with Crippen molar-refractivity contribution in [3.8, 4) is 11.5 Å². The van der Waals surface area contributed by atoms with Gasteiger partial charge in [0.15, 0.2) is 0 Å². The van der Waals surface area contributed by atoms with Crippen LogP contribution in [-0.4, -0.2) is 0 Å². The van der Waals surface area contributed by atoms with Crippen LogP contribution in [0.4, 0.5) is 0 Å². The molecule has 0 saturated carbocycles. The van der Waals surface area contributed by atoms with E-state index in [1.165, 1.54) is 11.1 Å². The van der Waals surface area contributed by atoms with Crippen LogP contribution in [0.2, 0.25) is 0 Å². The first-order valence-electron chi connectivity index (χ1n) is 6.43. The van der Waals surface area contributed by atoms with Crippen molar-refractivity contribution in [1.29, 1.82) is 0 Å². The summed E-state index contributed by atoms with van der Waals surface area (Å²) in [4.78, 5) is 0. The number of hydrogen-bond acceptors (Lipinski definition) is 1. The van der Waals surface area contributed by atoms with Crippen molar-refractivity contribution in [2.24, 2.45) is 0 Å². The maximum atomic E-state index is 6.02. The molecular weight excluding hydrogens is 300 g/mol. The number of halogens is 1. The van der Waals surface area contributed by atoms with Gasteiger partial charge in [-0.05, 0) is 29.2 Å². The predicted octanol–water partition coefficient (Wildman–Crippen LogP) is 5.67. The summed E-state index contributed by atoms with van der Waals surface area (Å²) in [7, 11) is 0. The summed E-state index contributed by atoms with van der Waals surface area (Å²) < 4.78 is 6.02. The fourth-order valence-electron chi connectivity index (χ4n) is 1.95. The molecule has 0 heterocycles. The summed E-state index contributed by atoms with van der Waals surface area (Å²) in [5, 5.41) is 0.867. The molecular formula is C17H19BrO. The second-order valence-electron chi connectivity index (χ2n) is 5.63. The molecule has 19 heavy (non-hydrogen) atoms. The lowest BCUT2D eigenvalue weighted by molar-refractivity contribution is 0.455. The highest BCUT2D eigenvalue weighted by molar-refractivity contribution is 9.08. The standard InChI is InChI=1S/C17H19BrO/c1-17(2,3)15-6-4-5-7-16(15)19-14-10-8-13(12-18)9-11-14/h4-11H,12H2,1-3H3. The monoisotopic (exact) mass is 318 g/mol. The molecule has 0 aromatic heterocycles. The number of rotatable bonds is 3. The van der Waals surface area contributed by atoms with Gasteiger partial charge in [-0.1, -0.05) is 67.0 Å². The van der Waals surface area contributed by atoms with Gasteiger partial charge in [0.25, 0.3) is 0 Å². The third-order valence-electron chi connectivity index (χ3n) is 3.00. The Morgan fingerprint density at radius 1 is 0.947 bits per heavy atom. The van der Waals surface area contributed by atoms with Gasteiger partial charge in [-0.3, -0.25) is 0 Å². The van der Waals surface area contributed by atoms with Gasteiger partial charge in [-0.2, -0.15) is 0 Å². The second-order valence-corrected chi connectivity index (χ2v) is 6.19. The lowest BCUT2D eigenvalue weighted by atomic mass is 9.86. The van der Waals surface area contributed by atoms with Crippen LogP contribution in [0.3, 0.4) is 0 Å². The summed E-state index contributed by atoms with van der Waals surface area (Å²) in [5.74, 6) is 1.81. The average Bonchev–Trinajstić information content (AvgIpc) is 2.39. The van der Waals surface area contributed by atoms with E-state index in [2.05, 4.69) is 61.0 Å². The van der Waals surface area contributed by atoms with E-state index in [0.29, 0.717) is 0 Å². The zero-order valence-corrected chi connectivity index (χ0v) is 13.2. The summed E-state index contributed by atoms with van der Waals surface area (Å²) in [6, 6.07) is 16.4. The molecule has 2 aromatic rings. The maximum absolute atomic E-state index is 6.02. The zero-order valence-electron chi connectivity index (χ0n) is 11.6. The molecule has 0 aliphatic rings. The molecule has 0 saturated heterocycles. The van der Waals surface area contributed by atoms with Crippen LogP contribution >= 0.6 is 15.9 Å². The van der Waals surface area contributed by atoms with Crippen molar-refractivity contribution in [3.63, 3.8) is 0 Å². The largest absolute Gasteiger partial charge is 0.457 e. The van der Waals surface area contributed by atoms with Crippen LogP contribution in [0, 0.1) is 0 Å². The predicted molar refractivity (Wildman–Crippen MR) is 84.3 cm³/mol. The molecule has 0 atom stereocenters. The lowest BCUT2D eigenvalue weighted by Crippen LogP contribution is -2.12. The second kappa shape index (κ2) is 5.79. The Bertz CT molecular complexity index is 538. The van der Waals surface area contributed by atoms with Gasteiger partial charge in [-0.15, -0.1) is 0 Å². The van der Waals surface area contributed by atoms with Crippen LogP contribution < -0.4 is 4.74 Å². The minimum absolute atomic E-state index is 0.0758. The molecule has 0 bridgehead atoms. The Labute approximate surface area is 123 Å². The SMILES string of the molecule is CC(C)(C)c1ccccc1Oc1ccc(CBr)cc1. The molecule has 2 aromatic carbocycles. The van der Waals surface area contributed by atoms with E-state index in [-0.39, 0.29) is 5.41 Å². The highest BCUT2D eigenvalue weighted by Crippen LogP contribution is 2.33. The minimum atomic E-state index is 0.0758. The van der Waals surface area contributed by atoms with Crippen LogP contribution in [0.1, 0.15) is 31.9 Å². The Morgan fingerprint density at radius 2 is 1.58 bits per heavy atom. The van der Waals surface area contributed by atoms with Gasteiger partial charge in [0.05, 0.1) is 0 Å². The smallest absolute Gasteiger partial charge is 0.131 e. The fraction of sp³-hybridized carbons (Fsp3) is 0.294. The van der Waals surface area contributed by atoms with Crippen molar-refractivity contribution in [3.05, 3.63) is 59.7 Å². The van der Waals surface area contributed by atoms with Crippen molar-refractivity contribution in [2.45, 2.75) is 31.5 Å². The Kier molecular flexibility index (Phi) is 4.31. The molecule has 0 N–H and O–H groups in total. The summed E-state index contributed by atoms with van der Waals surface area (Å²) in [6.07, 6.45) is 0. The van der Waals surface area contributed by atoms with Crippen LogP contribution in [-0.2, 0) is 10.7 Å². The van der Waals surface area contributed by atoms with Crippen molar-refractivity contribution >= 4 is 15.9 Å². The molecule has 0 radical (unpaired) electrons. The van der Waals surface area contributed by atoms with Crippen LogP contribution in [0.15, 0.2) is 48.5 Å². The quantitative estimate of drug-likeness (QED) is 0.662. The van der Waals surface area contributed by atoms with Gasteiger partial charge >= 0.3 is 0 Å². The van der Waals surface area contributed by atoms with Gasteiger partial charge in [-0.25, -0.2) is 0 Å². The van der Waals surface area contributed by atoms with Gasteiger partial charge in [0.1, 0.15) is 11.5 Å². The topological polar surface area (TPSA) is 9.23 Å². The van der Waals surface area contributed by atoms with E-state index >= 15 is 0 Å². The van der Waals surface area contributed by atoms with E-state index in [1.54, 1.807) is 0 Å². The summed E-state index contributed by atoms with van der Waals surface area (Å²) >= 11 is 3.45. The zero-order chi connectivity index (χ0) is 13.9. The average molecular weight is 319 g/mol. The minimum Gasteiger partial charge on any atom is -0.457 e.